The van der Waals surface area contributed by atoms with Gasteiger partial charge in [-0.2, -0.15) is 0 Å². The molecule has 0 atom stereocenters. The minimum Gasteiger partial charge on any atom is -0.459 e. The zero-order valence-corrected chi connectivity index (χ0v) is 10.1. The number of carbonyl (C=O) groups excluding carboxylic acids is 1. The molecular formula is C13H14N2O3. The zero-order chi connectivity index (χ0) is 13.0. The molecule has 0 unspecified atom stereocenters. The van der Waals surface area contributed by atoms with Crippen molar-refractivity contribution in [3.63, 3.8) is 0 Å². The molecule has 0 spiro atoms. The number of pyridine rings is 1. The predicted octanol–water partition coefficient (Wildman–Crippen LogP) is 2.10. The van der Waals surface area contributed by atoms with Crippen molar-refractivity contribution in [3.05, 3.63) is 52.8 Å². The van der Waals surface area contributed by atoms with Crippen molar-refractivity contribution in [1.82, 2.24) is 4.57 Å². The molecule has 94 valence electrons. The van der Waals surface area contributed by atoms with Crippen LogP contribution in [0.25, 0.3) is 0 Å². The second-order valence-electron chi connectivity index (χ2n) is 3.88. The van der Waals surface area contributed by atoms with Gasteiger partial charge in [0.25, 0.3) is 11.5 Å². The van der Waals surface area contributed by atoms with Gasteiger partial charge in [-0.1, -0.05) is 6.92 Å². The van der Waals surface area contributed by atoms with Crippen LogP contribution in [0, 0.1) is 0 Å². The standard InChI is InChI=1S/C13H14N2O3/c1-2-7-15-9-10(5-6-12(15)16)14-13(17)11-4-3-8-18-11/h3-6,8-9H,2,7H2,1H3,(H,14,17). The van der Waals surface area contributed by atoms with E-state index >= 15 is 0 Å². The fourth-order valence-electron chi connectivity index (χ4n) is 1.62. The van der Waals surface area contributed by atoms with Crippen molar-refractivity contribution >= 4 is 11.6 Å². The van der Waals surface area contributed by atoms with Crippen LogP contribution < -0.4 is 10.9 Å². The van der Waals surface area contributed by atoms with Crippen LogP contribution in [0.15, 0.2) is 45.9 Å². The lowest BCUT2D eigenvalue weighted by molar-refractivity contribution is 0.0996. The molecule has 2 aromatic rings. The van der Waals surface area contributed by atoms with E-state index in [2.05, 4.69) is 5.32 Å². The number of nitrogens with zero attached hydrogens (tertiary/aromatic N) is 1. The van der Waals surface area contributed by atoms with Crippen molar-refractivity contribution in [3.8, 4) is 0 Å². The van der Waals surface area contributed by atoms with Gasteiger partial charge in [-0.05, 0) is 24.6 Å². The second-order valence-corrected chi connectivity index (χ2v) is 3.88. The zero-order valence-electron chi connectivity index (χ0n) is 10.1. The molecule has 0 saturated carbocycles. The van der Waals surface area contributed by atoms with Crippen LogP contribution in [0.4, 0.5) is 5.69 Å². The Morgan fingerprint density at radius 1 is 1.39 bits per heavy atom. The smallest absolute Gasteiger partial charge is 0.291 e. The molecule has 0 bridgehead atoms. The molecule has 0 aliphatic rings. The van der Waals surface area contributed by atoms with E-state index in [1.54, 1.807) is 29.0 Å². The number of carbonyl (C=O) groups is 1. The Bertz CT molecular complexity index is 585. The van der Waals surface area contributed by atoms with E-state index in [4.69, 9.17) is 4.42 Å². The van der Waals surface area contributed by atoms with Crippen LogP contribution in [0.5, 0.6) is 0 Å². The van der Waals surface area contributed by atoms with E-state index in [1.807, 2.05) is 6.92 Å². The van der Waals surface area contributed by atoms with Crippen LogP contribution in [0.2, 0.25) is 0 Å². The van der Waals surface area contributed by atoms with Crippen molar-refractivity contribution in [2.24, 2.45) is 0 Å². The van der Waals surface area contributed by atoms with Gasteiger partial charge < -0.3 is 14.3 Å². The normalized spacial score (nSPS) is 10.3. The number of aryl methyl sites for hydroxylation is 1. The van der Waals surface area contributed by atoms with E-state index in [9.17, 15) is 9.59 Å². The molecule has 18 heavy (non-hydrogen) atoms. The van der Waals surface area contributed by atoms with E-state index in [0.717, 1.165) is 6.42 Å². The summed E-state index contributed by atoms with van der Waals surface area (Å²) in [6.07, 6.45) is 3.93. The van der Waals surface area contributed by atoms with Crippen molar-refractivity contribution in [2.45, 2.75) is 19.9 Å². The summed E-state index contributed by atoms with van der Waals surface area (Å²) in [5.74, 6) is -0.0926. The van der Waals surface area contributed by atoms with Crippen LogP contribution in [-0.4, -0.2) is 10.5 Å². The number of hydrogen-bond donors (Lipinski definition) is 1. The van der Waals surface area contributed by atoms with Crippen LogP contribution >= 0.6 is 0 Å². The fourth-order valence-corrected chi connectivity index (χ4v) is 1.62. The van der Waals surface area contributed by atoms with Gasteiger partial charge in [0.15, 0.2) is 5.76 Å². The maximum absolute atomic E-state index is 11.7. The fraction of sp³-hybridized carbons (Fsp3) is 0.231. The molecule has 2 rings (SSSR count). The molecular weight excluding hydrogens is 232 g/mol. The van der Waals surface area contributed by atoms with Crippen molar-refractivity contribution in [1.29, 1.82) is 0 Å². The lowest BCUT2D eigenvalue weighted by Gasteiger charge is -2.07. The predicted molar refractivity (Wildman–Crippen MR) is 67.7 cm³/mol. The molecule has 5 heteroatoms. The number of nitrogens with one attached hydrogen (secondary N) is 1. The summed E-state index contributed by atoms with van der Waals surface area (Å²) in [5.41, 5.74) is 0.497. The topological polar surface area (TPSA) is 64.2 Å². The van der Waals surface area contributed by atoms with Gasteiger partial charge in [0.05, 0.1) is 12.0 Å². The lowest BCUT2D eigenvalue weighted by Crippen LogP contribution is -2.20. The number of hydrogen-bond acceptors (Lipinski definition) is 3. The number of anilines is 1. The molecule has 0 saturated heterocycles. The van der Waals surface area contributed by atoms with E-state index in [0.29, 0.717) is 12.2 Å². The Kier molecular flexibility index (Phi) is 3.62. The van der Waals surface area contributed by atoms with Gasteiger partial charge in [-0.3, -0.25) is 9.59 Å². The first-order chi connectivity index (χ1) is 8.70. The van der Waals surface area contributed by atoms with Gasteiger partial charge in [-0.15, -0.1) is 0 Å². The van der Waals surface area contributed by atoms with E-state index < -0.39 is 0 Å². The maximum atomic E-state index is 11.7. The third-order valence-electron chi connectivity index (χ3n) is 2.45. The quantitative estimate of drug-likeness (QED) is 0.898. The van der Waals surface area contributed by atoms with Gasteiger partial charge in [0, 0.05) is 18.8 Å². The van der Waals surface area contributed by atoms with Crippen molar-refractivity contribution in [2.75, 3.05) is 5.32 Å². The number of aromatic nitrogens is 1. The molecule has 5 nitrogen and oxygen atoms in total. The SMILES string of the molecule is CCCn1cc(NC(=O)c2ccco2)ccc1=O. The third kappa shape index (κ3) is 2.68. The third-order valence-corrected chi connectivity index (χ3v) is 2.45. The molecule has 0 aliphatic carbocycles. The highest BCUT2D eigenvalue weighted by Gasteiger charge is 2.09. The molecule has 1 N–H and O–H groups in total. The number of rotatable bonds is 4. The molecule has 0 radical (unpaired) electrons. The second kappa shape index (κ2) is 5.35. The Morgan fingerprint density at radius 2 is 2.22 bits per heavy atom. The molecule has 1 amide bonds. The van der Waals surface area contributed by atoms with Crippen LogP contribution in [0.1, 0.15) is 23.9 Å². The van der Waals surface area contributed by atoms with E-state index in [1.165, 1.54) is 12.3 Å². The minimum atomic E-state index is -0.332. The first kappa shape index (κ1) is 12.2. The number of furan rings is 1. The first-order valence-electron chi connectivity index (χ1n) is 5.76. The average molecular weight is 246 g/mol. The first-order valence-corrected chi connectivity index (χ1v) is 5.76. The van der Waals surface area contributed by atoms with Crippen LogP contribution in [0.3, 0.4) is 0 Å². The van der Waals surface area contributed by atoms with Gasteiger partial charge >= 0.3 is 0 Å². The summed E-state index contributed by atoms with van der Waals surface area (Å²) in [6, 6.07) is 6.24. The summed E-state index contributed by atoms with van der Waals surface area (Å²) < 4.78 is 6.56. The Balaban J connectivity index is 2.17. The Hall–Kier alpha value is -2.30. The summed E-state index contributed by atoms with van der Waals surface area (Å²) in [4.78, 5) is 23.2. The highest BCUT2D eigenvalue weighted by Crippen LogP contribution is 2.08. The summed E-state index contributed by atoms with van der Waals surface area (Å²) in [6.45, 7) is 2.61. The van der Waals surface area contributed by atoms with Crippen LogP contribution in [-0.2, 0) is 6.54 Å². The molecule has 0 aromatic carbocycles. The lowest BCUT2D eigenvalue weighted by atomic mass is 10.3. The van der Waals surface area contributed by atoms with Crippen molar-refractivity contribution < 1.29 is 9.21 Å². The highest BCUT2D eigenvalue weighted by molar-refractivity contribution is 6.02. The molecule has 2 aromatic heterocycles. The summed E-state index contributed by atoms with van der Waals surface area (Å²) in [7, 11) is 0. The Labute approximate surface area is 104 Å². The van der Waals surface area contributed by atoms with Gasteiger partial charge in [0.2, 0.25) is 0 Å². The average Bonchev–Trinajstić information content (AvgIpc) is 2.87. The van der Waals surface area contributed by atoms with E-state index in [-0.39, 0.29) is 17.2 Å². The maximum Gasteiger partial charge on any atom is 0.291 e. The summed E-state index contributed by atoms with van der Waals surface area (Å²) in [5, 5.41) is 2.68. The monoisotopic (exact) mass is 246 g/mol. The molecule has 0 fully saturated rings. The highest BCUT2D eigenvalue weighted by atomic mass is 16.3. The van der Waals surface area contributed by atoms with Gasteiger partial charge in [-0.25, -0.2) is 0 Å². The minimum absolute atomic E-state index is 0.0761. The largest absolute Gasteiger partial charge is 0.459 e. The summed E-state index contributed by atoms with van der Waals surface area (Å²) >= 11 is 0. The number of amides is 1. The molecule has 0 aliphatic heterocycles. The van der Waals surface area contributed by atoms with Gasteiger partial charge in [0.1, 0.15) is 0 Å². The Morgan fingerprint density at radius 3 is 2.89 bits per heavy atom. The molecule has 2 heterocycles.